The van der Waals surface area contributed by atoms with E-state index in [0.717, 1.165) is 77.4 Å². The van der Waals surface area contributed by atoms with Gasteiger partial charge in [0.05, 0.1) is 22.4 Å². The SMILES string of the molecule is CC.c1ccc(-c2cc(-c3ccccc3)nc(-n3c4cc5ccccc5cc4c4cccc(-c5ccc6oc7ccccc7c6c5)c43)n2)cc1. The van der Waals surface area contributed by atoms with E-state index in [-0.39, 0.29) is 0 Å². The molecule has 0 aliphatic heterocycles. The quantitative estimate of drug-likeness (QED) is 0.192. The van der Waals surface area contributed by atoms with Gasteiger partial charge in [-0.3, -0.25) is 4.57 Å². The predicted molar refractivity (Wildman–Crippen MR) is 209 cm³/mol. The molecule has 10 rings (SSSR count). The summed E-state index contributed by atoms with van der Waals surface area (Å²) in [6.45, 7) is 4.00. The lowest BCUT2D eigenvalue weighted by molar-refractivity contribution is 0.669. The molecule has 0 saturated carbocycles. The highest BCUT2D eigenvalue weighted by Crippen LogP contribution is 2.41. The Morgan fingerprint density at radius 2 is 1.04 bits per heavy atom. The van der Waals surface area contributed by atoms with Crippen LogP contribution in [-0.4, -0.2) is 14.5 Å². The average Bonchev–Trinajstić information content (AvgIpc) is 3.73. The Labute approximate surface area is 289 Å². The van der Waals surface area contributed by atoms with Crippen molar-refractivity contribution in [3.63, 3.8) is 0 Å². The molecule has 0 N–H and O–H groups in total. The van der Waals surface area contributed by atoms with Crippen LogP contribution in [0.25, 0.3) is 94.1 Å². The molecule has 238 valence electrons. The van der Waals surface area contributed by atoms with E-state index in [9.17, 15) is 0 Å². The first-order valence-electron chi connectivity index (χ1n) is 17.2. The molecule has 0 bridgehead atoms. The van der Waals surface area contributed by atoms with E-state index < -0.39 is 0 Å². The molecule has 0 unspecified atom stereocenters. The summed E-state index contributed by atoms with van der Waals surface area (Å²) in [4.78, 5) is 10.6. The summed E-state index contributed by atoms with van der Waals surface area (Å²) in [7, 11) is 0. The lowest BCUT2D eigenvalue weighted by Crippen LogP contribution is -2.04. The summed E-state index contributed by atoms with van der Waals surface area (Å²) in [5, 5.41) is 6.90. The molecule has 0 aliphatic rings. The van der Waals surface area contributed by atoms with Gasteiger partial charge in [-0.1, -0.05) is 141 Å². The normalized spacial score (nSPS) is 11.4. The van der Waals surface area contributed by atoms with E-state index in [2.05, 4.69) is 144 Å². The fourth-order valence-corrected chi connectivity index (χ4v) is 7.13. The molecule has 0 radical (unpaired) electrons. The van der Waals surface area contributed by atoms with E-state index in [1.165, 1.54) is 10.8 Å². The number of benzene rings is 7. The molecule has 0 spiro atoms. The van der Waals surface area contributed by atoms with Gasteiger partial charge in [-0.2, -0.15) is 0 Å². The van der Waals surface area contributed by atoms with Crippen molar-refractivity contribution in [1.29, 1.82) is 0 Å². The standard InChI is InChI=1S/C44H27N3O.C2H6/c1-3-12-28(13-4-1)38-27-39(29-14-5-2-6-15-29)46-44(45-38)47-40-26-31-17-8-7-16-30(31)24-36(40)35-20-11-19-33(43(35)47)32-22-23-42-37(25-32)34-18-9-10-21-41(34)48-42;1-2/h1-27H;1-2H3. The maximum atomic E-state index is 6.20. The average molecular weight is 644 g/mol. The highest BCUT2D eigenvalue weighted by Gasteiger charge is 2.21. The summed E-state index contributed by atoms with van der Waals surface area (Å²) in [5.41, 5.74) is 9.95. The topological polar surface area (TPSA) is 43.9 Å². The van der Waals surface area contributed by atoms with E-state index in [0.29, 0.717) is 5.95 Å². The summed E-state index contributed by atoms with van der Waals surface area (Å²) in [5.74, 6) is 0.632. The van der Waals surface area contributed by atoms with Gasteiger partial charge in [0.2, 0.25) is 5.95 Å². The second-order valence-corrected chi connectivity index (χ2v) is 12.2. The third-order valence-electron chi connectivity index (χ3n) is 9.40. The van der Waals surface area contributed by atoms with Gasteiger partial charge in [-0.25, -0.2) is 9.97 Å². The van der Waals surface area contributed by atoms with Crippen molar-refractivity contribution < 1.29 is 4.42 Å². The summed E-state index contributed by atoms with van der Waals surface area (Å²) in [6.07, 6.45) is 0. The molecule has 50 heavy (non-hydrogen) atoms. The first kappa shape index (κ1) is 29.6. The van der Waals surface area contributed by atoms with Gasteiger partial charge < -0.3 is 4.42 Å². The van der Waals surface area contributed by atoms with Crippen LogP contribution in [0.3, 0.4) is 0 Å². The molecule has 0 atom stereocenters. The summed E-state index contributed by atoms with van der Waals surface area (Å²) >= 11 is 0. The van der Waals surface area contributed by atoms with Gasteiger partial charge in [0.1, 0.15) is 11.2 Å². The van der Waals surface area contributed by atoms with Gasteiger partial charge >= 0.3 is 0 Å². The van der Waals surface area contributed by atoms with Crippen molar-refractivity contribution in [1.82, 2.24) is 14.5 Å². The maximum Gasteiger partial charge on any atom is 0.235 e. The third kappa shape index (κ3) is 4.84. The second-order valence-electron chi connectivity index (χ2n) is 12.2. The molecule has 0 fully saturated rings. The van der Waals surface area contributed by atoms with Crippen LogP contribution < -0.4 is 0 Å². The van der Waals surface area contributed by atoms with Crippen LogP contribution in [0.15, 0.2) is 168 Å². The molecule has 3 aromatic heterocycles. The number of hydrogen-bond donors (Lipinski definition) is 0. The van der Waals surface area contributed by atoms with E-state index in [1.807, 2.05) is 38.1 Å². The molecule has 3 heterocycles. The lowest BCUT2D eigenvalue weighted by atomic mass is 9.99. The largest absolute Gasteiger partial charge is 0.456 e. The van der Waals surface area contributed by atoms with Crippen LogP contribution in [0.5, 0.6) is 0 Å². The zero-order chi connectivity index (χ0) is 33.6. The number of nitrogens with zero attached hydrogens (tertiary/aromatic N) is 3. The fourth-order valence-electron chi connectivity index (χ4n) is 7.13. The monoisotopic (exact) mass is 643 g/mol. The fraction of sp³-hybridized carbons (Fsp3) is 0.0435. The number of hydrogen-bond acceptors (Lipinski definition) is 3. The minimum atomic E-state index is 0.632. The van der Waals surface area contributed by atoms with E-state index in [1.54, 1.807) is 0 Å². The summed E-state index contributed by atoms with van der Waals surface area (Å²) in [6, 6.07) is 57.3. The molecular weight excluding hydrogens is 611 g/mol. The van der Waals surface area contributed by atoms with Crippen LogP contribution >= 0.6 is 0 Å². The first-order valence-corrected chi connectivity index (χ1v) is 17.2. The second kappa shape index (κ2) is 12.2. The molecular formula is C46H33N3O. The lowest BCUT2D eigenvalue weighted by Gasteiger charge is -2.14. The Morgan fingerprint density at radius 3 is 1.76 bits per heavy atom. The summed E-state index contributed by atoms with van der Waals surface area (Å²) < 4.78 is 8.47. The van der Waals surface area contributed by atoms with Crippen LogP contribution in [-0.2, 0) is 0 Å². The molecule has 10 aromatic rings. The minimum Gasteiger partial charge on any atom is -0.456 e. The Kier molecular flexibility index (Phi) is 7.21. The first-order chi connectivity index (χ1) is 24.8. The number of fused-ring (bicyclic) bond motifs is 7. The Bertz CT molecular complexity index is 2770. The van der Waals surface area contributed by atoms with E-state index in [4.69, 9.17) is 14.4 Å². The molecule has 0 aliphatic carbocycles. The van der Waals surface area contributed by atoms with Crippen molar-refractivity contribution in [3.8, 4) is 39.6 Å². The Hall–Kier alpha value is -6.52. The smallest absolute Gasteiger partial charge is 0.235 e. The molecule has 0 saturated heterocycles. The van der Waals surface area contributed by atoms with E-state index >= 15 is 0 Å². The van der Waals surface area contributed by atoms with Gasteiger partial charge in [-0.15, -0.1) is 0 Å². The van der Waals surface area contributed by atoms with Gasteiger partial charge in [0.15, 0.2) is 0 Å². The highest BCUT2D eigenvalue weighted by molar-refractivity contribution is 6.17. The van der Waals surface area contributed by atoms with Crippen molar-refractivity contribution in [2.45, 2.75) is 13.8 Å². The van der Waals surface area contributed by atoms with Crippen LogP contribution in [0.2, 0.25) is 0 Å². The molecule has 4 nitrogen and oxygen atoms in total. The van der Waals surface area contributed by atoms with Crippen molar-refractivity contribution in [2.75, 3.05) is 0 Å². The predicted octanol–water partition coefficient (Wildman–Crippen LogP) is 12.7. The Morgan fingerprint density at radius 1 is 0.440 bits per heavy atom. The molecule has 7 aromatic carbocycles. The molecule has 0 amide bonds. The number of furan rings is 1. The van der Waals surface area contributed by atoms with Crippen LogP contribution in [0, 0.1) is 0 Å². The van der Waals surface area contributed by atoms with Crippen molar-refractivity contribution >= 4 is 54.5 Å². The third-order valence-corrected chi connectivity index (χ3v) is 9.40. The van der Waals surface area contributed by atoms with Gasteiger partial charge in [-0.05, 0) is 52.7 Å². The van der Waals surface area contributed by atoms with Gasteiger partial charge in [0.25, 0.3) is 0 Å². The zero-order valence-corrected chi connectivity index (χ0v) is 27.8. The number of rotatable bonds is 4. The highest BCUT2D eigenvalue weighted by atomic mass is 16.3. The minimum absolute atomic E-state index is 0.632. The van der Waals surface area contributed by atoms with Crippen molar-refractivity contribution in [3.05, 3.63) is 164 Å². The van der Waals surface area contributed by atoms with Crippen LogP contribution in [0.4, 0.5) is 0 Å². The Balaban J connectivity index is 0.00000165. The molecule has 4 heteroatoms. The van der Waals surface area contributed by atoms with Gasteiger partial charge in [0, 0.05) is 38.2 Å². The van der Waals surface area contributed by atoms with Crippen LogP contribution in [0.1, 0.15) is 13.8 Å². The van der Waals surface area contributed by atoms with Crippen molar-refractivity contribution in [2.24, 2.45) is 0 Å². The number of aromatic nitrogens is 3. The maximum absolute atomic E-state index is 6.20. The zero-order valence-electron chi connectivity index (χ0n) is 27.8. The number of para-hydroxylation sites is 2.